The molecule has 31 heavy (non-hydrogen) atoms. The van der Waals surface area contributed by atoms with Crippen LogP contribution in [0.5, 0.6) is 5.75 Å². The van der Waals surface area contributed by atoms with Gasteiger partial charge in [0.1, 0.15) is 18.1 Å². The first-order valence-corrected chi connectivity index (χ1v) is 9.96. The molecule has 9 nitrogen and oxygen atoms in total. The van der Waals surface area contributed by atoms with Crippen LogP contribution in [0.1, 0.15) is 45.8 Å². The third-order valence-electron chi connectivity index (χ3n) is 5.19. The van der Waals surface area contributed by atoms with Crippen molar-refractivity contribution in [2.75, 3.05) is 7.05 Å². The molecule has 0 radical (unpaired) electrons. The fourth-order valence-corrected chi connectivity index (χ4v) is 3.42. The number of ether oxygens (including phenoxy) is 1. The van der Waals surface area contributed by atoms with E-state index in [4.69, 9.17) is 9.15 Å². The van der Waals surface area contributed by atoms with E-state index in [1.54, 1.807) is 37.1 Å². The van der Waals surface area contributed by atoms with E-state index in [-0.39, 0.29) is 24.0 Å². The fourth-order valence-electron chi connectivity index (χ4n) is 3.42. The predicted octanol–water partition coefficient (Wildman–Crippen LogP) is 4.18. The zero-order valence-electron chi connectivity index (χ0n) is 18.3. The Hall–Kier alpha value is -3.62. The van der Waals surface area contributed by atoms with Gasteiger partial charge in [0, 0.05) is 43.0 Å². The third kappa shape index (κ3) is 4.76. The van der Waals surface area contributed by atoms with Crippen LogP contribution in [0.4, 0.5) is 5.69 Å². The van der Waals surface area contributed by atoms with Crippen LogP contribution in [0, 0.1) is 30.9 Å². The van der Waals surface area contributed by atoms with E-state index in [1.807, 2.05) is 25.5 Å². The van der Waals surface area contributed by atoms with Crippen molar-refractivity contribution >= 4 is 11.6 Å². The first kappa shape index (κ1) is 22.1. The van der Waals surface area contributed by atoms with Crippen molar-refractivity contribution in [3.8, 4) is 5.75 Å². The summed E-state index contributed by atoms with van der Waals surface area (Å²) in [4.78, 5) is 24.9. The number of benzene rings is 1. The number of carbonyl (C=O) groups excluding carboxylic acids is 1. The number of furan rings is 1. The van der Waals surface area contributed by atoms with Crippen LogP contribution in [0.15, 0.2) is 34.7 Å². The van der Waals surface area contributed by atoms with Gasteiger partial charge in [-0.25, -0.2) is 0 Å². The van der Waals surface area contributed by atoms with E-state index in [1.165, 1.54) is 12.1 Å². The van der Waals surface area contributed by atoms with Crippen molar-refractivity contribution in [3.63, 3.8) is 0 Å². The van der Waals surface area contributed by atoms with Crippen LogP contribution in [0.3, 0.4) is 0 Å². The smallest absolute Gasteiger partial charge is 0.289 e. The summed E-state index contributed by atoms with van der Waals surface area (Å²) >= 11 is 0. The number of aromatic nitrogens is 2. The van der Waals surface area contributed by atoms with Gasteiger partial charge in [-0.05, 0) is 52.0 Å². The molecule has 2 heterocycles. The minimum Gasteiger partial charge on any atom is -0.486 e. The lowest BCUT2D eigenvalue weighted by molar-refractivity contribution is -0.385. The Morgan fingerprint density at radius 1 is 1.26 bits per heavy atom. The molecular formula is C22H26N4O5. The minimum absolute atomic E-state index is 0.0382. The molecule has 0 bridgehead atoms. The average molecular weight is 426 g/mol. The second-order valence-electron chi connectivity index (χ2n) is 7.39. The van der Waals surface area contributed by atoms with Gasteiger partial charge in [-0.1, -0.05) is 0 Å². The van der Waals surface area contributed by atoms with E-state index < -0.39 is 4.92 Å². The molecule has 0 spiro atoms. The van der Waals surface area contributed by atoms with Gasteiger partial charge in [-0.3, -0.25) is 19.6 Å². The zero-order chi connectivity index (χ0) is 22.7. The average Bonchev–Trinajstić information content (AvgIpc) is 3.31. The van der Waals surface area contributed by atoms with Gasteiger partial charge in [-0.2, -0.15) is 5.10 Å². The van der Waals surface area contributed by atoms with Crippen molar-refractivity contribution in [3.05, 3.63) is 74.5 Å². The van der Waals surface area contributed by atoms with Gasteiger partial charge < -0.3 is 14.1 Å². The molecule has 0 unspecified atom stereocenters. The lowest BCUT2D eigenvalue weighted by Crippen LogP contribution is -2.26. The molecule has 0 aliphatic heterocycles. The number of nitro benzene ring substituents is 1. The number of amides is 1. The molecule has 3 aromatic rings. The second kappa shape index (κ2) is 9.03. The van der Waals surface area contributed by atoms with E-state index in [0.717, 1.165) is 23.5 Å². The van der Waals surface area contributed by atoms with Crippen LogP contribution in [-0.4, -0.2) is 32.6 Å². The molecular weight excluding hydrogens is 400 g/mol. The molecule has 1 aromatic carbocycles. The SMILES string of the molecule is CCn1nc(C)c(CN(C)C(=O)c2ccc(COc3ccc([N+](=O)[O-])c(C)c3)o2)c1C. The molecule has 0 saturated carbocycles. The summed E-state index contributed by atoms with van der Waals surface area (Å²) < 4.78 is 13.2. The van der Waals surface area contributed by atoms with Gasteiger partial charge in [0.05, 0.1) is 10.6 Å². The predicted molar refractivity (Wildman–Crippen MR) is 114 cm³/mol. The summed E-state index contributed by atoms with van der Waals surface area (Å²) in [5, 5.41) is 15.4. The normalized spacial score (nSPS) is 10.9. The van der Waals surface area contributed by atoms with E-state index in [0.29, 0.717) is 23.6 Å². The van der Waals surface area contributed by atoms with Gasteiger partial charge in [0.15, 0.2) is 5.76 Å². The topological polar surface area (TPSA) is 104 Å². The number of hydrogen-bond donors (Lipinski definition) is 0. The summed E-state index contributed by atoms with van der Waals surface area (Å²) in [7, 11) is 1.73. The van der Waals surface area contributed by atoms with Crippen LogP contribution in [0.25, 0.3) is 0 Å². The monoisotopic (exact) mass is 426 g/mol. The van der Waals surface area contributed by atoms with E-state index >= 15 is 0 Å². The number of nitrogens with zero attached hydrogens (tertiary/aromatic N) is 4. The maximum absolute atomic E-state index is 12.8. The maximum Gasteiger partial charge on any atom is 0.289 e. The van der Waals surface area contributed by atoms with Crippen LogP contribution >= 0.6 is 0 Å². The highest BCUT2D eigenvalue weighted by atomic mass is 16.6. The van der Waals surface area contributed by atoms with Crippen molar-refractivity contribution in [2.45, 2.75) is 47.4 Å². The molecule has 0 aliphatic rings. The summed E-state index contributed by atoms with van der Waals surface area (Å²) in [6.45, 7) is 8.94. The van der Waals surface area contributed by atoms with Crippen LogP contribution < -0.4 is 4.74 Å². The Bertz CT molecular complexity index is 1120. The Balaban J connectivity index is 1.63. The molecule has 2 aromatic heterocycles. The summed E-state index contributed by atoms with van der Waals surface area (Å²) in [5.41, 5.74) is 3.53. The van der Waals surface area contributed by atoms with Crippen molar-refractivity contribution < 1.29 is 18.9 Å². The van der Waals surface area contributed by atoms with Crippen molar-refractivity contribution in [2.24, 2.45) is 0 Å². The Morgan fingerprint density at radius 2 is 2.00 bits per heavy atom. The highest BCUT2D eigenvalue weighted by molar-refractivity contribution is 5.91. The summed E-state index contributed by atoms with van der Waals surface area (Å²) in [5.74, 6) is 0.960. The number of nitro groups is 1. The fraction of sp³-hybridized carbons (Fsp3) is 0.364. The number of carbonyl (C=O) groups is 1. The number of rotatable bonds is 8. The summed E-state index contributed by atoms with van der Waals surface area (Å²) in [6.07, 6.45) is 0. The Morgan fingerprint density at radius 3 is 2.61 bits per heavy atom. The largest absolute Gasteiger partial charge is 0.486 e. The standard InChI is InChI=1S/C22H26N4O5/c1-6-25-16(4)19(15(3)23-25)12-24(5)22(27)21-10-8-18(31-21)13-30-17-7-9-20(26(28)29)14(2)11-17/h7-11H,6,12-13H2,1-5H3. The lowest BCUT2D eigenvalue weighted by atomic mass is 10.2. The molecule has 0 fully saturated rings. The number of hydrogen-bond acceptors (Lipinski definition) is 6. The van der Waals surface area contributed by atoms with Crippen LogP contribution in [0.2, 0.25) is 0 Å². The first-order valence-electron chi connectivity index (χ1n) is 9.96. The summed E-state index contributed by atoms with van der Waals surface area (Å²) in [6, 6.07) is 7.84. The highest BCUT2D eigenvalue weighted by Gasteiger charge is 2.20. The second-order valence-corrected chi connectivity index (χ2v) is 7.39. The van der Waals surface area contributed by atoms with Crippen LogP contribution in [-0.2, 0) is 19.7 Å². The molecule has 0 saturated heterocycles. The molecule has 164 valence electrons. The third-order valence-corrected chi connectivity index (χ3v) is 5.19. The van der Waals surface area contributed by atoms with E-state index in [9.17, 15) is 14.9 Å². The van der Waals surface area contributed by atoms with Gasteiger partial charge in [-0.15, -0.1) is 0 Å². The molecule has 3 rings (SSSR count). The van der Waals surface area contributed by atoms with Gasteiger partial charge in [0.25, 0.3) is 11.6 Å². The quantitative estimate of drug-likeness (QED) is 0.395. The maximum atomic E-state index is 12.8. The Kier molecular flexibility index (Phi) is 6.43. The first-order chi connectivity index (χ1) is 14.7. The van der Waals surface area contributed by atoms with Crippen molar-refractivity contribution in [1.82, 2.24) is 14.7 Å². The van der Waals surface area contributed by atoms with Gasteiger partial charge >= 0.3 is 0 Å². The van der Waals surface area contributed by atoms with Gasteiger partial charge in [0.2, 0.25) is 0 Å². The number of aryl methyl sites for hydroxylation is 3. The Labute approximate surface area is 180 Å². The molecule has 1 amide bonds. The molecule has 0 N–H and O–H groups in total. The van der Waals surface area contributed by atoms with E-state index in [2.05, 4.69) is 5.10 Å². The van der Waals surface area contributed by atoms with Crippen molar-refractivity contribution in [1.29, 1.82) is 0 Å². The zero-order valence-corrected chi connectivity index (χ0v) is 18.3. The highest BCUT2D eigenvalue weighted by Crippen LogP contribution is 2.24. The molecule has 9 heteroatoms. The minimum atomic E-state index is -0.434. The lowest BCUT2D eigenvalue weighted by Gasteiger charge is -2.16. The molecule has 0 atom stereocenters. The molecule has 0 aliphatic carbocycles.